The van der Waals surface area contributed by atoms with Crippen LogP contribution < -0.4 is 5.76 Å². The molecule has 0 saturated carbocycles. The van der Waals surface area contributed by atoms with E-state index in [0.717, 1.165) is 38.2 Å². The molecule has 1 aliphatic rings. The number of hydrogen-bond acceptors (Lipinski definition) is 4. The van der Waals surface area contributed by atoms with Gasteiger partial charge in [-0.3, -0.25) is 14.4 Å². The van der Waals surface area contributed by atoms with E-state index in [9.17, 15) is 4.79 Å². The van der Waals surface area contributed by atoms with Gasteiger partial charge in [-0.25, -0.2) is 4.79 Å². The molecule has 1 aromatic heterocycles. The van der Waals surface area contributed by atoms with Gasteiger partial charge in [0.05, 0.1) is 12.2 Å². The van der Waals surface area contributed by atoms with Gasteiger partial charge < -0.3 is 4.42 Å². The molecule has 1 aliphatic heterocycles. The molecule has 5 rings (SSSR count). The highest BCUT2D eigenvalue weighted by atomic mass is 16.4. The number of fused-ring (bicyclic) bond motifs is 2. The molecule has 5 nitrogen and oxygen atoms in total. The third kappa shape index (κ3) is 3.23. The van der Waals surface area contributed by atoms with Crippen molar-refractivity contribution in [2.45, 2.75) is 13.2 Å². The summed E-state index contributed by atoms with van der Waals surface area (Å²) >= 11 is 0. The van der Waals surface area contributed by atoms with E-state index in [1.54, 1.807) is 4.57 Å². The first-order chi connectivity index (χ1) is 13.8. The summed E-state index contributed by atoms with van der Waals surface area (Å²) in [5.74, 6) is -0.278. The first-order valence-electron chi connectivity index (χ1n) is 9.78. The van der Waals surface area contributed by atoms with Crippen LogP contribution in [0.2, 0.25) is 0 Å². The van der Waals surface area contributed by atoms with Crippen LogP contribution in [-0.4, -0.2) is 40.5 Å². The fourth-order valence-electron chi connectivity index (χ4n) is 4.11. The fourth-order valence-corrected chi connectivity index (χ4v) is 4.11. The van der Waals surface area contributed by atoms with Gasteiger partial charge in [0.25, 0.3) is 0 Å². The van der Waals surface area contributed by atoms with Crippen LogP contribution in [0.4, 0.5) is 0 Å². The molecule has 0 radical (unpaired) electrons. The van der Waals surface area contributed by atoms with Gasteiger partial charge in [0.2, 0.25) is 0 Å². The van der Waals surface area contributed by atoms with E-state index in [2.05, 4.69) is 52.3 Å². The number of hydrogen-bond donors (Lipinski definition) is 0. The zero-order chi connectivity index (χ0) is 18.9. The molecule has 142 valence electrons. The lowest BCUT2D eigenvalue weighted by Gasteiger charge is -2.34. The third-order valence-electron chi connectivity index (χ3n) is 5.65. The van der Waals surface area contributed by atoms with E-state index < -0.39 is 0 Å². The lowest BCUT2D eigenvalue weighted by atomic mass is 10.0. The molecule has 1 saturated heterocycles. The first kappa shape index (κ1) is 17.2. The number of benzene rings is 3. The summed E-state index contributed by atoms with van der Waals surface area (Å²) in [6.07, 6.45) is 0. The normalized spacial score (nSPS) is 16.1. The molecular weight excluding hydrogens is 350 g/mol. The topological polar surface area (TPSA) is 41.6 Å². The van der Waals surface area contributed by atoms with E-state index in [1.807, 2.05) is 24.3 Å². The summed E-state index contributed by atoms with van der Waals surface area (Å²) in [6, 6.07) is 22.7. The molecule has 3 aromatic carbocycles. The van der Waals surface area contributed by atoms with Crippen LogP contribution in [0.1, 0.15) is 5.56 Å². The molecule has 0 aliphatic carbocycles. The van der Waals surface area contributed by atoms with Crippen molar-refractivity contribution in [3.8, 4) is 0 Å². The Kier molecular flexibility index (Phi) is 4.47. The van der Waals surface area contributed by atoms with Crippen LogP contribution in [-0.2, 0) is 13.2 Å². The summed E-state index contributed by atoms with van der Waals surface area (Å²) in [5.41, 5.74) is 2.90. The second-order valence-electron chi connectivity index (χ2n) is 7.44. The molecule has 0 spiro atoms. The highest BCUT2D eigenvalue weighted by Gasteiger charge is 2.19. The van der Waals surface area contributed by atoms with Crippen molar-refractivity contribution in [1.82, 2.24) is 14.4 Å². The maximum atomic E-state index is 12.2. The molecule has 0 bridgehead atoms. The monoisotopic (exact) mass is 373 g/mol. The van der Waals surface area contributed by atoms with E-state index >= 15 is 0 Å². The second kappa shape index (κ2) is 7.26. The number of para-hydroxylation sites is 2. The van der Waals surface area contributed by atoms with Crippen LogP contribution in [0, 0.1) is 0 Å². The Balaban J connectivity index is 1.26. The molecule has 0 atom stereocenters. The zero-order valence-electron chi connectivity index (χ0n) is 15.8. The number of piperazine rings is 1. The molecule has 0 N–H and O–H groups in total. The molecule has 1 fully saturated rings. The average Bonchev–Trinajstić information content (AvgIpc) is 3.05. The molecule has 28 heavy (non-hydrogen) atoms. The van der Waals surface area contributed by atoms with Crippen molar-refractivity contribution in [2.75, 3.05) is 26.2 Å². The smallest absolute Gasteiger partial charge is 0.408 e. The second-order valence-corrected chi connectivity index (χ2v) is 7.44. The highest BCUT2D eigenvalue weighted by molar-refractivity contribution is 5.85. The molecule has 2 heterocycles. The number of rotatable bonds is 4. The van der Waals surface area contributed by atoms with Gasteiger partial charge in [0.15, 0.2) is 5.58 Å². The van der Waals surface area contributed by atoms with Gasteiger partial charge >= 0.3 is 5.76 Å². The quantitative estimate of drug-likeness (QED) is 0.549. The Labute approximate surface area is 163 Å². The number of nitrogens with zero attached hydrogens (tertiary/aromatic N) is 3. The average molecular weight is 373 g/mol. The van der Waals surface area contributed by atoms with Crippen LogP contribution in [0.25, 0.3) is 21.9 Å². The van der Waals surface area contributed by atoms with Crippen molar-refractivity contribution in [2.24, 2.45) is 0 Å². The minimum atomic E-state index is -0.278. The van der Waals surface area contributed by atoms with Crippen LogP contribution in [0.15, 0.2) is 75.9 Å². The Morgan fingerprint density at radius 1 is 0.786 bits per heavy atom. The summed E-state index contributed by atoms with van der Waals surface area (Å²) in [4.78, 5) is 17.0. The SMILES string of the molecule is O=c1oc2ccccc2n1CN1CCN(Cc2cccc3ccccc23)CC1. The van der Waals surface area contributed by atoms with Gasteiger partial charge in [-0.15, -0.1) is 0 Å². The number of aromatic nitrogens is 1. The lowest BCUT2D eigenvalue weighted by Crippen LogP contribution is -2.47. The number of oxazole rings is 1. The van der Waals surface area contributed by atoms with Crippen LogP contribution >= 0.6 is 0 Å². The Bertz CT molecular complexity index is 1160. The van der Waals surface area contributed by atoms with Crippen molar-refractivity contribution < 1.29 is 4.42 Å². The van der Waals surface area contributed by atoms with Crippen molar-refractivity contribution >= 4 is 21.9 Å². The molecule has 4 aromatic rings. The van der Waals surface area contributed by atoms with Crippen LogP contribution in [0.5, 0.6) is 0 Å². The summed E-state index contributed by atoms with van der Waals surface area (Å²) in [5, 5.41) is 2.63. The predicted molar refractivity (Wildman–Crippen MR) is 111 cm³/mol. The first-order valence-corrected chi connectivity index (χ1v) is 9.78. The van der Waals surface area contributed by atoms with Gasteiger partial charge in [-0.1, -0.05) is 54.6 Å². The van der Waals surface area contributed by atoms with Crippen molar-refractivity contribution in [3.05, 3.63) is 82.8 Å². The predicted octanol–water partition coefficient (Wildman–Crippen LogP) is 3.52. The van der Waals surface area contributed by atoms with Gasteiger partial charge in [0, 0.05) is 32.7 Å². The largest absolute Gasteiger partial charge is 0.421 e. The molecule has 0 unspecified atom stereocenters. The Morgan fingerprint density at radius 3 is 2.39 bits per heavy atom. The maximum absolute atomic E-state index is 12.2. The summed E-state index contributed by atoms with van der Waals surface area (Å²) < 4.78 is 7.08. The summed E-state index contributed by atoms with van der Waals surface area (Å²) in [7, 11) is 0. The Morgan fingerprint density at radius 2 is 1.50 bits per heavy atom. The highest BCUT2D eigenvalue weighted by Crippen LogP contribution is 2.21. The summed E-state index contributed by atoms with van der Waals surface area (Å²) in [6.45, 7) is 5.41. The minimum Gasteiger partial charge on any atom is -0.408 e. The van der Waals surface area contributed by atoms with Crippen molar-refractivity contribution in [3.63, 3.8) is 0 Å². The van der Waals surface area contributed by atoms with E-state index in [0.29, 0.717) is 12.3 Å². The molecule has 5 heteroatoms. The van der Waals surface area contributed by atoms with E-state index in [1.165, 1.54) is 16.3 Å². The van der Waals surface area contributed by atoms with Gasteiger partial charge in [-0.05, 0) is 28.5 Å². The van der Waals surface area contributed by atoms with Gasteiger partial charge in [0.1, 0.15) is 0 Å². The van der Waals surface area contributed by atoms with Crippen molar-refractivity contribution in [1.29, 1.82) is 0 Å². The maximum Gasteiger partial charge on any atom is 0.421 e. The third-order valence-corrected chi connectivity index (χ3v) is 5.65. The standard InChI is InChI=1S/C23H23N3O2/c27-23-26(21-10-3-4-11-22(21)28-23)17-25-14-12-24(13-15-25)16-19-8-5-7-18-6-1-2-9-20(18)19/h1-11H,12-17H2. The van der Waals surface area contributed by atoms with E-state index in [4.69, 9.17) is 4.42 Å². The lowest BCUT2D eigenvalue weighted by molar-refractivity contribution is 0.102. The van der Waals surface area contributed by atoms with Crippen LogP contribution in [0.3, 0.4) is 0 Å². The Hall–Kier alpha value is -2.89. The molecular formula is C23H23N3O2. The van der Waals surface area contributed by atoms with Gasteiger partial charge in [-0.2, -0.15) is 0 Å². The fraction of sp³-hybridized carbons (Fsp3) is 0.261. The minimum absolute atomic E-state index is 0.278. The van der Waals surface area contributed by atoms with E-state index in [-0.39, 0.29) is 5.76 Å². The zero-order valence-corrected chi connectivity index (χ0v) is 15.8. The molecule has 0 amide bonds.